The zero-order valence-corrected chi connectivity index (χ0v) is 14.2. The quantitative estimate of drug-likeness (QED) is 0.454. The average molecular weight is 372 g/mol. The number of carbonyl (C=O) groups excluding carboxylic acids is 2. The van der Waals surface area contributed by atoms with Gasteiger partial charge in [0.05, 0.1) is 5.92 Å². The van der Waals surface area contributed by atoms with Crippen LogP contribution >= 0.6 is 27.7 Å². The van der Waals surface area contributed by atoms with Crippen LogP contribution in [-0.2, 0) is 14.3 Å². The Labute approximate surface area is 137 Å². The molecule has 1 N–H and O–H groups in total. The minimum absolute atomic E-state index is 0.00533. The molecule has 4 nitrogen and oxygen atoms in total. The van der Waals surface area contributed by atoms with Gasteiger partial charge in [-0.25, -0.2) is 0 Å². The van der Waals surface area contributed by atoms with Gasteiger partial charge in [0.1, 0.15) is 0 Å². The summed E-state index contributed by atoms with van der Waals surface area (Å²) in [5.41, 5.74) is 0. The molecule has 0 spiro atoms. The van der Waals surface area contributed by atoms with Crippen LogP contribution in [-0.4, -0.2) is 30.8 Å². The predicted octanol–water partition coefficient (Wildman–Crippen LogP) is 2.86. The SMILES string of the molecule is C[C@@H]1C[C@@H]1C(=O)OCC(=O)NCCSc1ccc(Br)cc1. The molecule has 1 aromatic carbocycles. The molecule has 0 aromatic heterocycles. The van der Waals surface area contributed by atoms with E-state index in [2.05, 4.69) is 21.2 Å². The number of halogens is 1. The summed E-state index contributed by atoms with van der Waals surface area (Å²) in [4.78, 5) is 24.1. The summed E-state index contributed by atoms with van der Waals surface area (Å²) in [5.74, 6) is 0.699. The third-order valence-corrected chi connectivity index (χ3v) is 4.81. The summed E-state index contributed by atoms with van der Waals surface area (Å²) in [6, 6.07) is 8.02. The highest BCUT2D eigenvalue weighted by atomic mass is 79.9. The third-order valence-electron chi connectivity index (χ3n) is 3.26. The molecular formula is C15H18BrNO3S. The molecule has 2 rings (SSSR count). The van der Waals surface area contributed by atoms with Crippen molar-refractivity contribution in [2.45, 2.75) is 18.2 Å². The molecule has 1 aliphatic carbocycles. The number of hydrogen-bond donors (Lipinski definition) is 1. The van der Waals surface area contributed by atoms with Gasteiger partial charge in [-0.05, 0) is 36.6 Å². The predicted molar refractivity (Wildman–Crippen MR) is 86.1 cm³/mol. The highest BCUT2D eigenvalue weighted by Crippen LogP contribution is 2.38. The molecule has 6 heteroatoms. The fourth-order valence-electron chi connectivity index (χ4n) is 1.84. The van der Waals surface area contributed by atoms with Crippen molar-refractivity contribution in [2.24, 2.45) is 11.8 Å². The molecule has 0 saturated heterocycles. The van der Waals surface area contributed by atoms with Crippen molar-refractivity contribution in [2.75, 3.05) is 18.9 Å². The Bertz CT molecular complexity index is 506. The first-order valence-corrected chi connectivity index (χ1v) is 8.66. The topological polar surface area (TPSA) is 55.4 Å². The minimum Gasteiger partial charge on any atom is -0.455 e. The van der Waals surface area contributed by atoms with E-state index in [0.29, 0.717) is 12.5 Å². The summed E-state index contributed by atoms with van der Waals surface area (Å²) in [6.07, 6.45) is 0.879. The normalized spacial score (nSPS) is 19.9. The van der Waals surface area contributed by atoms with E-state index in [1.807, 2.05) is 31.2 Å². The highest BCUT2D eigenvalue weighted by molar-refractivity contribution is 9.10. The maximum atomic E-state index is 11.5. The summed E-state index contributed by atoms with van der Waals surface area (Å²) in [5, 5.41) is 2.74. The summed E-state index contributed by atoms with van der Waals surface area (Å²) < 4.78 is 6.01. The van der Waals surface area contributed by atoms with Gasteiger partial charge in [-0.15, -0.1) is 11.8 Å². The van der Waals surface area contributed by atoms with Crippen LogP contribution in [0.15, 0.2) is 33.6 Å². The minimum atomic E-state index is -0.248. The lowest BCUT2D eigenvalue weighted by Crippen LogP contribution is -2.30. The van der Waals surface area contributed by atoms with Gasteiger partial charge in [-0.2, -0.15) is 0 Å². The van der Waals surface area contributed by atoms with Crippen LogP contribution in [0, 0.1) is 11.8 Å². The number of nitrogens with one attached hydrogen (secondary N) is 1. The first kappa shape index (κ1) is 16.4. The zero-order chi connectivity index (χ0) is 15.2. The molecule has 0 heterocycles. The van der Waals surface area contributed by atoms with Gasteiger partial charge in [0.15, 0.2) is 6.61 Å². The standard InChI is InChI=1S/C15H18BrNO3S/c1-10-8-13(10)15(19)20-9-14(18)17-6-7-21-12-4-2-11(16)3-5-12/h2-5,10,13H,6-9H2,1H3,(H,17,18)/t10-,13+/m1/s1. The molecule has 0 radical (unpaired) electrons. The van der Waals surface area contributed by atoms with Crippen molar-refractivity contribution in [3.05, 3.63) is 28.7 Å². The Hall–Kier alpha value is -1.01. The lowest BCUT2D eigenvalue weighted by atomic mass is 10.3. The smallest absolute Gasteiger partial charge is 0.309 e. The van der Waals surface area contributed by atoms with Crippen molar-refractivity contribution >= 4 is 39.6 Å². The van der Waals surface area contributed by atoms with Crippen LogP contribution < -0.4 is 5.32 Å². The molecule has 1 amide bonds. The molecule has 1 saturated carbocycles. The fourth-order valence-corrected chi connectivity index (χ4v) is 2.87. The summed E-state index contributed by atoms with van der Waals surface area (Å²) in [7, 11) is 0. The molecule has 0 aliphatic heterocycles. The number of thioether (sulfide) groups is 1. The van der Waals surface area contributed by atoms with E-state index in [1.165, 1.54) is 0 Å². The van der Waals surface area contributed by atoms with Gasteiger partial charge in [0.25, 0.3) is 5.91 Å². The molecule has 21 heavy (non-hydrogen) atoms. The third kappa shape index (κ3) is 5.71. The Morgan fingerprint density at radius 2 is 2.05 bits per heavy atom. The monoisotopic (exact) mass is 371 g/mol. The van der Waals surface area contributed by atoms with Gasteiger partial charge < -0.3 is 10.1 Å². The Morgan fingerprint density at radius 1 is 1.38 bits per heavy atom. The zero-order valence-electron chi connectivity index (χ0n) is 11.8. The molecule has 2 atom stereocenters. The first-order valence-electron chi connectivity index (χ1n) is 6.88. The van der Waals surface area contributed by atoms with Gasteiger partial charge in [-0.3, -0.25) is 9.59 Å². The molecule has 114 valence electrons. The second-order valence-electron chi connectivity index (χ2n) is 5.08. The van der Waals surface area contributed by atoms with Crippen molar-refractivity contribution in [1.82, 2.24) is 5.32 Å². The maximum absolute atomic E-state index is 11.5. The Balaban J connectivity index is 1.54. The van der Waals surface area contributed by atoms with E-state index in [0.717, 1.165) is 21.5 Å². The first-order chi connectivity index (χ1) is 10.1. The Morgan fingerprint density at radius 3 is 2.67 bits per heavy atom. The largest absolute Gasteiger partial charge is 0.455 e. The molecule has 1 aromatic rings. The van der Waals surface area contributed by atoms with Gasteiger partial charge >= 0.3 is 5.97 Å². The van der Waals surface area contributed by atoms with Gasteiger partial charge in [0.2, 0.25) is 0 Å². The summed E-state index contributed by atoms with van der Waals surface area (Å²) in [6.45, 7) is 2.38. The second-order valence-corrected chi connectivity index (χ2v) is 7.16. The van der Waals surface area contributed by atoms with Crippen LogP contribution in [0.3, 0.4) is 0 Å². The van der Waals surface area contributed by atoms with Crippen LogP contribution in [0.4, 0.5) is 0 Å². The van der Waals surface area contributed by atoms with Crippen molar-refractivity contribution in [1.29, 1.82) is 0 Å². The number of ether oxygens (including phenoxy) is 1. The highest BCUT2D eigenvalue weighted by Gasteiger charge is 2.40. The lowest BCUT2D eigenvalue weighted by molar-refractivity contribution is -0.150. The number of rotatable bonds is 7. The number of amides is 1. The van der Waals surface area contributed by atoms with E-state index in [9.17, 15) is 9.59 Å². The molecule has 1 aliphatic rings. The lowest BCUT2D eigenvalue weighted by Gasteiger charge is -2.06. The van der Waals surface area contributed by atoms with Crippen molar-refractivity contribution in [3.8, 4) is 0 Å². The van der Waals surface area contributed by atoms with Gasteiger partial charge in [-0.1, -0.05) is 22.9 Å². The maximum Gasteiger partial charge on any atom is 0.309 e. The number of hydrogen-bond acceptors (Lipinski definition) is 4. The number of esters is 1. The van der Waals surface area contributed by atoms with Gasteiger partial charge in [0, 0.05) is 21.7 Å². The van der Waals surface area contributed by atoms with Crippen LogP contribution in [0.2, 0.25) is 0 Å². The molecular weight excluding hydrogens is 354 g/mol. The van der Waals surface area contributed by atoms with Crippen LogP contribution in [0.5, 0.6) is 0 Å². The Kier molecular flexibility index (Phi) is 6.11. The van der Waals surface area contributed by atoms with E-state index in [4.69, 9.17) is 4.74 Å². The molecule has 1 fully saturated rings. The van der Waals surface area contributed by atoms with Crippen LogP contribution in [0.25, 0.3) is 0 Å². The van der Waals surface area contributed by atoms with Crippen molar-refractivity contribution < 1.29 is 14.3 Å². The second kappa shape index (κ2) is 7.84. The number of benzene rings is 1. The van der Waals surface area contributed by atoms with E-state index in [1.54, 1.807) is 11.8 Å². The van der Waals surface area contributed by atoms with E-state index >= 15 is 0 Å². The van der Waals surface area contributed by atoms with Crippen LogP contribution in [0.1, 0.15) is 13.3 Å². The number of carbonyl (C=O) groups is 2. The fraction of sp³-hybridized carbons (Fsp3) is 0.467. The average Bonchev–Trinajstić information content (AvgIpc) is 3.20. The van der Waals surface area contributed by atoms with E-state index in [-0.39, 0.29) is 24.4 Å². The van der Waals surface area contributed by atoms with Crippen molar-refractivity contribution in [3.63, 3.8) is 0 Å². The molecule has 0 unspecified atom stereocenters. The van der Waals surface area contributed by atoms with E-state index < -0.39 is 0 Å². The summed E-state index contributed by atoms with van der Waals surface area (Å²) >= 11 is 5.05. The molecule has 0 bridgehead atoms.